The second-order valence-electron chi connectivity index (χ2n) is 4.94. The van der Waals surface area contributed by atoms with E-state index in [1.54, 1.807) is 0 Å². The quantitative estimate of drug-likeness (QED) is 0.637. The second kappa shape index (κ2) is 5.13. The molecule has 0 aromatic carbocycles. The third-order valence-corrected chi connectivity index (χ3v) is 4.02. The van der Waals surface area contributed by atoms with Gasteiger partial charge >= 0.3 is 0 Å². The first kappa shape index (κ1) is 10.4. The van der Waals surface area contributed by atoms with Crippen molar-refractivity contribution in [3.63, 3.8) is 0 Å². The van der Waals surface area contributed by atoms with Crippen LogP contribution in [0.4, 0.5) is 0 Å². The van der Waals surface area contributed by atoms with Crippen LogP contribution in [0.15, 0.2) is 0 Å². The summed E-state index contributed by atoms with van der Waals surface area (Å²) < 4.78 is 0. The first-order chi connectivity index (χ1) is 6.88. The van der Waals surface area contributed by atoms with Gasteiger partial charge in [0.05, 0.1) is 0 Å². The van der Waals surface area contributed by atoms with Crippen molar-refractivity contribution in [3.05, 3.63) is 0 Å². The van der Waals surface area contributed by atoms with Crippen molar-refractivity contribution in [3.8, 4) is 0 Å². The fraction of sp³-hybridized carbons (Fsp3) is 1.00. The van der Waals surface area contributed by atoms with Gasteiger partial charge in [0.15, 0.2) is 0 Å². The molecule has 2 nitrogen and oxygen atoms in total. The molecule has 3 rings (SSSR count). The molecule has 14 heavy (non-hydrogen) atoms. The summed E-state index contributed by atoms with van der Waals surface area (Å²) in [5.74, 6) is 0. The van der Waals surface area contributed by atoms with Gasteiger partial charge in [0.2, 0.25) is 0 Å². The van der Waals surface area contributed by atoms with Gasteiger partial charge < -0.3 is 10.2 Å². The number of piperidine rings is 1. The number of nitrogens with zero attached hydrogens (tertiary/aromatic N) is 1. The van der Waals surface area contributed by atoms with Crippen LogP contribution in [0.2, 0.25) is 0 Å². The van der Waals surface area contributed by atoms with Crippen LogP contribution in [-0.4, -0.2) is 37.1 Å². The van der Waals surface area contributed by atoms with Gasteiger partial charge in [0.1, 0.15) is 0 Å². The maximum atomic E-state index is 3.22. The Labute approximate surface area is 88.1 Å². The second-order valence-corrected chi connectivity index (χ2v) is 4.94. The summed E-state index contributed by atoms with van der Waals surface area (Å²) in [6.07, 6.45) is 10.1. The molecule has 2 bridgehead atoms. The summed E-state index contributed by atoms with van der Waals surface area (Å²) in [5, 5.41) is 3.22. The third kappa shape index (κ3) is 2.48. The van der Waals surface area contributed by atoms with Crippen molar-refractivity contribution in [2.45, 2.75) is 57.0 Å². The Kier molecular flexibility index (Phi) is 3.82. The van der Waals surface area contributed by atoms with Crippen LogP contribution < -0.4 is 5.32 Å². The zero-order valence-electron chi connectivity index (χ0n) is 9.47. The Morgan fingerprint density at radius 1 is 0.857 bits per heavy atom. The Morgan fingerprint density at radius 2 is 1.43 bits per heavy atom. The van der Waals surface area contributed by atoms with Crippen molar-refractivity contribution in [1.82, 2.24) is 10.2 Å². The molecule has 3 aliphatic rings. The molecule has 0 aromatic rings. The largest absolute Gasteiger partial charge is 0.317 e. The van der Waals surface area contributed by atoms with Gasteiger partial charge in [-0.2, -0.15) is 0 Å². The van der Waals surface area contributed by atoms with E-state index < -0.39 is 0 Å². The van der Waals surface area contributed by atoms with E-state index in [0.29, 0.717) is 0 Å². The fourth-order valence-electron chi connectivity index (χ4n) is 3.00. The van der Waals surface area contributed by atoms with Crippen LogP contribution in [-0.2, 0) is 0 Å². The van der Waals surface area contributed by atoms with Crippen LogP contribution >= 0.6 is 0 Å². The SMILES string of the molecule is C1CCNC1.CN1[C@@H]2CCC[C@H]1CC2. The van der Waals surface area contributed by atoms with Crippen molar-refractivity contribution < 1.29 is 0 Å². The Hall–Kier alpha value is -0.0800. The molecule has 2 heteroatoms. The number of fused-ring (bicyclic) bond motifs is 2. The lowest BCUT2D eigenvalue weighted by Gasteiger charge is -2.30. The molecule has 2 atom stereocenters. The average molecular weight is 196 g/mol. The zero-order valence-corrected chi connectivity index (χ0v) is 9.47. The summed E-state index contributed by atoms with van der Waals surface area (Å²) in [6.45, 7) is 2.50. The van der Waals surface area contributed by atoms with E-state index in [1.165, 1.54) is 58.0 Å². The first-order valence-electron chi connectivity index (χ1n) is 6.30. The van der Waals surface area contributed by atoms with E-state index in [9.17, 15) is 0 Å². The van der Waals surface area contributed by atoms with Gasteiger partial charge in [-0.3, -0.25) is 0 Å². The highest BCUT2D eigenvalue weighted by Crippen LogP contribution is 2.33. The summed E-state index contributed by atoms with van der Waals surface area (Å²) in [6, 6.07) is 1.92. The van der Waals surface area contributed by atoms with Crippen molar-refractivity contribution in [1.29, 1.82) is 0 Å². The van der Waals surface area contributed by atoms with E-state index in [4.69, 9.17) is 0 Å². The van der Waals surface area contributed by atoms with E-state index in [1.807, 2.05) is 0 Å². The standard InChI is InChI=1S/C8H15N.C4H9N/c1-9-7-3-2-4-8(9)6-5-7;1-2-4-5-3-1/h7-8H,2-6H2,1H3;5H,1-4H2/t7-,8+;. The minimum absolute atomic E-state index is 0.962. The fourth-order valence-corrected chi connectivity index (χ4v) is 3.00. The molecule has 0 saturated carbocycles. The highest BCUT2D eigenvalue weighted by atomic mass is 15.2. The maximum Gasteiger partial charge on any atom is 0.00957 e. The molecule has 3 heterocycles. The normalized spacial score (nSPS) is 36.6. The lowest BCUT2D eigenvalue weighted by molar-refractivity contribution is 0.179. The predicted molar refractivity (Wildman–Crippen MR) is 60.5 cm³/mol. The molecule has 0 spiro atoms. The Balaban J connectivity index is 0.000000128. The molecule has 0 aliphatic carbocycles. The smallest absolute Gasteiger partial charge is 0.00957 e. The molecular formula is C12H24N2. The summed E-state index contributed by atoms with van der Waals surface area (Å²) >= 11 is 0. The molecular weight excluding hydrogens is 172 g/mol. The molecule has 1 N–H and O–H groups in total. The molecule has 0 radical (unpaired) electrons. The number of hydrogen-bond donors (Lipinski definition) is 1. The van der Waals surface area contributed by atoms with Crippen LogP contribution in [0, 0.1) is 0 Å². The summed E-state index contributed by atoms with van der Waals surface area (Å²) in [7, 11) is 2.29. The lowest BCUT2D eigenvalue weighted by atomic mass is 10.0. The molecule has 3 aliphatic heterocycles. The molecule has 0 unspecified atom stereocenters. The van der Waals surface area contributed by atoms with Gasteiger partial charge in [-0.05, 0) is 58.7 Å². The van der Waals surface area contributed by atoms with Crippen molar-refractivity contribution in [2.75, 3.05) is 20.1 Å². The zero-order chi connectivity index (χ0) is 9.80. The molecule has 82 valence electrons. The van der Waals surface area contributed by atoms with E-state index in [-0.39, 0.29) is 0 Å². The van der Waals surface area contributed by atoms with Crippen LogP contribution in [0.3, 0.4) is 0 Å². The topological polar surface area (TPSA) is 15.3 Å². The minimum Gasteiger partial charge on any atom is -0.317 e. The van der Waals surface area contributed by atoms with E-state index >= 15 is 0 Å². The average Bonchev–Trinajstić information content (AvgIpc) is 2.79. The Morgan fingerprint density at radius 3 is 1.79 bits per heavy atom. The lowest BCUT2D eigenvalue weighted by Crippen LogP contribution is -2.35. The third-order valence-electron chi connectivity index (χ3n) is 4.02. The van der Waals surface area contributed by atoms with E-state index in [2.05, 4.69) is 17.3 Å². The number of nitrogens with one attached hydrogen (secondary N) is 1. The molecule has 0 amide bonds. The molecule has 0 aromatic heterocycles. The maximum absolute atomic E-state index is 3.22. The number of rotatable bonds is 0. The van der Waals surface area contributed by atoms with Gasteiger partial charge in [-0.1, -0.05) is 6.42 Å². The van der Waals surface area contributed by atoms with Crippen LogP contribution in [0.1, 0.15) is 44.9 Å². The van der Waals surface area contributed by atoms with E-state index in [0.717, 1.165) is 12.1 Å². The molecule has 3 saturated heterocycles. The van der Waals surface area contributed by atoms with Gasteiger partial charge in [-0.25, -0.2) is 0 Å². The van der Waals surface area contributed by atoms with Crippen LogP contribution in [0.25, 0.3) is 0 Å². The van der Waals surface area contributed by atoms with Gasteiger partial charge in [0.25, 0.3) is 0 Å². The molecule has 3 fully saturated rings. The van der Waals surface area contributed by atoms with Crippen LogP contribution in [0.5, 0.6) is 0 Å². The first-order valence-corrected chi connectivity index (χ1v) is 6.30. The van der Waals surface area contributed by atoms with Gasteiger partial charge in [-0.15, -0.1) is 0 Å². The number of hydrogen-bond acceptors (Lipinski definition) is 2. The monoisotopic (exact) mass is 196 g/mol. The highest BCUT2D eigenvalue weighted by Gasteiger charge is 2.33. The Bertz CT molecular complexity index is 142. The van der Waals surface area contributed by atoms with Crippen molar-refractivity contribution in [2.24, 2.45) is 0 Å². The predicted octanol–water partition coefficient (Wildman–Crippen LogP) is 2.00. The highest BCUT2D eigenvalue weighted by molar-refractivity contribution is 4.89. The summed E-state index contributed by atoms with van der Waals surface area (Å²) in [4.78, 5) is 2.59. The van der Waals surface area contributed by atoms with Gasteiger partial charge in [0, 0.05) is 12.1 Å². The summed E-state index contributed by atoms with van der Waals surface area (Å²) in [5.41, 5.74) is 0. The van der Waals surface area contributed by atoms with Crippen molar-refractivity contribution >= 4 is 0 Å². The minimum atomic E-state index is 0.962.